The molecule has 6 nitrogen and oxygen atoms in total. The molecule has 4 rings (SSSR count). The number of carbonyl (C=O) groups excluding carboxylic acids is 2. The van der Waals surface area contributed by atoms with E-state index >= 15 is 0 Å². The summed E-state index contributed by atoms with van der Waals surface area (Å²) in [5.41, 5.74) is 1.87. The summed E-state index contributed by atoms with van der Waals surface area (Å²) < 4.78 is 10.8. The number of carbonyl (C=O) groups is 2. The molecule has 1 heterocycles. The van der Waals surface area contributed by atoms with Gasteiger partial charge in [0.2, 0.25) is 0 Å². The number of nitrogens with zero attached hydrogens (tertiary/aromatic N) is 1. The normalized spacial score (nSPS) is 13.5. The number of amides is 2. The van der Waals surface area contributed by atoms with Crippen LogP contribution in [-0.2, 0) is 9.59 Å². The summed E-state index contributed by atoms with van der Waals surface area (Å²) in [6.45, 7) is 1.81. The van der Waals surface area contributed by atoms with E-state index < -0.39 is 11.8 Å². The molecule has 0 radical (unpaired) electrons. The summed E-state index contributed by atoms with van der Waals surface area (Å²) in [6, 6.07) is 19.7. The molecule has 0 spiro atoms. The Bertz CT molecular complexity index is 1260. The van der Waals surface area contributed by atoms with Crippen LogP contribution in [0.5, 0.6) is 11.5 Å². The number of imide groups is 1. The molecule has 1 aliphatic heterocycles. The van der Waals surface area contributed by atoms with Gasteiger partial charge in [0.25, 0.3) is 11.8 Å². The van der Waals surface area contributed by atoms with Gasteiger partial charge in [-0.1, -0.05) is 41.6 Å². The van der Waals surface area contributed by atoms with Crippen LogP contribution in [0.2, 0.25) is 5.02 Å². The third-order valence-corrected chi connectivity index (χ3v) is 6.40. The number of anilines is 2. The topological polar surface area (TPSA) is 67.9 Å². The van der Waals surface area contributed by atoms with Gasteiger partial charge in [-0.15, -0.1) is 0 Å². The van der Waals surface area contributed by atoms with Crippen molar-refractivity contribution in [3.8, 4) is 11.5 Å². The molecule has 1 N–H and O–H groups in total. The number of rotatable bonds is 7. The van der Waals surface area contributed by atoms with Crippen LogP contribution in [0.25, 0.3) is 0 Å². The molecular weight excluding hydrogens is 460 g/mol. The molecule has 8 heteroatoms. The fraction of sp³-hybridized carbons (Fsp3) is 0.120. The maximum absolute atomic E-state index is 13.6. The number of aryl methyl sites for hydroxylation is 1. The molecule has 2 amide bonds. The molecular formula is C25H21ClN2O4S. The van der Waals surface area contributed by atoms with E-state index in [1.807, 2.05) is 37.3 Å². The van der Waals surface area contributed by atoms with Gasteiger partial charge in [-0.25, -0.2) is 4.90 Å². The number of hydrogen-bond donors (Lipinski definition) is 1. The standard InChI is InChI=1S/C25H21ClN2O4S/c1-15-13-16(26)9-11-20(15)28-24(29)22(23(25(28)30)33-18-7-5-4-6-8-18)27-19-14-17(31-2)10-12-21(19)32-3/h4-14,27H,1-3H3. The first-order valence-electron chi connectivity index (χ1n) is 10.0. The van der Waals surface area contributed by atoms with Gasteiger partial charge >= 0.3 is 0 Å². The fourth-order valence-electron chi connectivity index (χ4n) is 3.46. The van der Waals surface area contributed by atoms with Crippen LogP contribution in [0.1, 0.15) is 5.56 Å². The van der Waals surface area contributed by atoms with E-state index in [1.165, 1.54) is 23.8 Å². The van der Waals surface area contributed by atoms with E-state index in [2.05, 4.69) is 5.32 Å². The van der Waals surface area contributed by atoms with E-state index in [4.69, 9.17) is 21.1 Å². The van der Waals surface area contributed by atoms with Crippen molar-refractivity contribution >= 4 is 46.6 Å². The van der Waals surface area contributed by atoms with E-state index in [9.17, 15) is 9.59 Å². The van der Waals surface area contributed by atoms with Gasteiger partial charge in [0.15, 0.2) is 0 Å². The lowest BCUT2D eigenvalue weighted by Crippen LogP contribution is -2.33. The van der Waals surface area contributed by atoms with E-state index in [-0.39, 0.29) is 10.6 Å². The van der Waals surface area contributed by atoms with Crippen molar-refractivity contribution in [2.75, 3.05) is 24.4 Å². The molecule has 3 aromatic carbocycles. The largest absolute Gasteiger partial charge is 0.497 e. The lowest BCUT2D eigenvalue weighted by molar-refractivity contribution is -0.120. The van der Waals surface area contributed by atoms with Crippen LogP contribution >= 0.6 is 23.4 Å². The second kappa shape index (κ2) is 9.60. The Hall–Kier alpha value is -3.42. The predicted octanol–water partition coefficient (Wildman–Crippen LogP) is 5.65. The number of thioether (sulfide) groups is 1. The van der Waals surface area contributed by atoms with Gasteiger partial charge in [-0.3, -0.25) is 9.59 Å². The zero-order valence-electron chi connectivity index (χ0n) is 18.2. The molecule has 0 aliphatic carbocycles. The smallest absolute Gasteiger partial charge is 0.283 e. The highest BCUT2D eigenvalue weighted by atomic mass is 35.5. The summed E-state index contributed by atoms with van der Waals surface area (Å²) in [5, 5.41) is 3.66. The molecule has 0 saturated carbocycles. The zero-order valence-corrected chi connectivity index (χ0v) is 19.8. The summed E-state index contributed by atoms with van der Waals surface area (Å²) in [7, 11) is 3.09. The lowest BCUT2D eigenvalue weighted by atomic mass is 10.2. The van der Waals surface area contributed by atoms with Crippen LogP contribution in [0.15, 0.2) is 82.2 Å². The van der Waals surface area contributed by atoms with Crippen LogP contribution in [0, 0.1) is 6.92 Å². The highest BCUT2D eigenvalue weighted by Gasteiger charge is 2.41. The molecule has 0 saturated heterocycles. The minimum atomic E-state index is -0.464. The van der Waals surface area contributed by atoms with Gasteiger partial charge < -0.3 is 14.8 Å². The second-order valence-electron chi connectivity index (χ2n) is 7.19. The highest BCUT2D eigenvalue weighted by molar-refractivity contribution is 8.04. The van der Waals surface area contributed by atoms with E-state index in [0.29, 0.717) is 33.5 Å². The summed E-state index contributed by atoms with van der Waals surface area (Å²) >= 11 is 7.32. The molecule has 1 aliphatic rings. The van der Waals surface area contributed by atoms with Gasteiger partial charge in [-0.05, 0) is 55.0 Å². The van der Waals surface area contributed by atoms with Gasteiger partial charge in [0, 0.05) is 16.0 Å². The lowest BCUT2D eigenvalue weighted by Gasteiger charge is -2.18. The Balaban J connectivity index is 1.80. The van der Waals surface area contributed by atoms with E-state index in [1.54, 1.807) is 43.5 Å². The Labute approximate surface area is 201 Å². The van der Waals surface area contributed by atoms with Crippen molar-refractivity contribution < 1.29 is 19.1 Å². The summed E-state index contributed by atoms with van der Waals surface area (Å²) in [6.07, 6.45) is 0. The molecule has 0 aromatic heterocycles. The fourth-order valence-corrected chi connectivity index (χ4v) is 4.63. The molecule has 0 bridgehead atoms. The Kier molecular flexibility index (Phi) is 6.62. The first-order valence-corrected chi connectivity index (χ1v) is 11.2. The zero-order chi connectivity index (χ0) is 23.5. The first kappa shape index (κ1) is 22.8. The SMILES string of the molecule is COc1ccc(OC)c(NC2=C(Sc3ccccc3)C(=O)N(c3ccc(Cl)cc3C)C2=O)c1. The van der Waals surface area contributed by atoms with Crippen molar-refractivity contribution in [1.82, 2.24) is 0 Å². The molecule has 168 valence electrons. The van der Waals surface area contributed by atoms with Gasteiger partial charge in [0.05, 0.1) is 25.6 Å². The first-order chi connectivity index (χ1) is 15.9. The van der Waals surface area contributed by atoms with Crippen molar-refractivity contribution in [3.63, 3.8) is 0 Å². The minimum absolute atomic E-state index is 0.162. The van der Waals surface area contributed by atoms with Gasteiger partial charge in [0.1, 0.15) is 22.1 Å². The average Bonchev–Trinajstić information content (AvgIpc) is 3.04. The summed E-state index contributed by atoms with van der Waals surface area (Å²) in [5.74, 6) is 0.212. The summed E-state index contributed by atoms with van der Waals surface area (Å²) in [4.78, 5) is 29.4. The van der Waals surface area contributed by atoms with Crippen molar-refractivity contribution in [2.24, 2.45) is 0 Å². The number of benzene rings is 3. The quantitative estimate of drug-likeness (QED) is 0.440. The number of hydrogen-bond acceptors (Lipinski definition) is 6. The molecule has 0 fully saturated rings. The highest BCUT2D eigenvalue weighted by Crippen LogP contribution is 2.40. The van der Waals surface area contributed by atoms with E-state index in [0.717, 1.165) is 4.90 Å². The number of halogens is 1. The average molecular weight is 481 g/mol. The molecule has 0 atom stereocenters. The Morgan fingerprint density at radius 2 is 1.67 bits per heavy atom. The van der Waals surface area contributed by atoms with Crippen LogP contribution in [-0.4, -0.2) is 26.0 Å². The minimum Gasteiger partial charge on any atom is -0.497 e. The predicted molar refractivity (Wildman–Crippen MR) is 131 cm³/mol. The Morgan fingerprint density at radius 3 is 2.33 bits per heavy atom. The van der Waals surface area contributed by atoms with Crippen LogP contribution in [0.4, 0.5) is 11.4 Å². The van der Waals surface area contributed by atoms with Crippen LogP contribution < -0.4 is 19.7 Å². The Morgan fingerprint density at radius 1 is 0.909 bits per heavy atom. The maximum Gasteiger partial charge on any atom is 0.283 e. The number of ether oxygens (including phenoxy) is 2. The number of methoxy groups -OCH3 is 2. The van der Waals surface area contributed by atoms with Crippen molar-refractivity contribution in [3.05, 3.63) is 87.9 Å². The van der Waals surface area contributed by atoms with Crippen molar-refractivity contribution in [1.29, 1.82) is 0 Å². The van der Waals surface area contributed by atoms with Gasteiger partial charge in [-0.2, -0.15) is 0 Å². The maximum atomic E-state index is 13.6. The number of nitrogens with one attached hydrogen (secondary N) is 1. The monoisotopic (exact) mass is 480 g/mol. The molecule has 33 heavy (non-hydrogen) atoms. The molecule has 0 unspecified atom stereocenters. The van der Waals surface area contributed by atoms with Crippen molar-refractivity contribution in [2.45, 2.75) is 11.8 Å². The molecule has 3 aromatic rings. The third kappa shape index (κ3) is 4.55. The van der Waals surface area contributed by atoms with Crippen LogP contribution in [0.3, 0.4) is 0 Å². The third-order valence-electron chi connectivity index (χ3n) is 5.07. The second-order valence-corrected chi connectivity index (χ2v) is 8.71.